The molecule has 118 valence electrons. The Balaban J connectivity index is 2.24. The third kappa shape index (κ3) is 4.58. The Morgan fingerprint density at radius 1 is 1.26 bits per heavy atom. The maximum absolute atomic E-state index is 12.6. The molecule has 0 aliphatic heterocycles. The van der Waals surface area contributed by atoms with Crippen LogP contribution in [0.1, 0.15) is 18.1 Å². The minimum Gasteiger partial charge on any atom is -0.464 e. The van der Waals surface area contributed by atoms with E-state index in [0.717, 1.165) is 12.1 Å². The largest absolute Gasteiger partial charge is 0.464 e. The first-order valence-corrected chi connectivity index (χ1v) is 7.65. The van der Waals surface area contributed by atoms with Gasteiger partial charge in [0.1, 0.15) is 5.58 Å². The second-order valence-corrected chi connectivity index (χ2v) is 4.99. The van der Waals surface area contributed by atoms with E-state index in [1.807, 2.05) is 61.7 Å². The normalized spacial score (nSPS) is 11.9. The molecule has 0 amide bonds. The van der Waals surface area contributed by atoms with E-state index >= 15 is 0 Å². The van der Waals surface area contributed by atoms with Crippen molar-refractivity contribution in [1.29, 1.82) is 0 Å². The number of allylic oxidation sites excluding steroid dienone is 5. The van der Waals surface area contributed by atoms with E-state index in [-0.39, 0.29) is 5.43 Å². The Labute approximate surface area is 136 Å². The number of rotatable bonds is 7. The van der Waals surface area contributed by atoms with Gasteiger partial charge in [0.05, 0.1) is 11.6 Å². The molecule has 0 spiro atoms. The van der Waals surface area contributed by atoms with Gasteiger partial charge in [0.25, 0.3) is 0 Å². The molecule has 23 heavy (non-hydrogen) atoms. The molecule has 0 aliphatic carbocycles. The van der Waals surface area contributed by atoms with Crippen LogP contribution >= 0.6 is 0 Å². The summed E-state index contributed by atoms with van der Waals surface area (Å²) in [6.45, 7) is 6.57. The molecule has 0 saturated carbocycles. The Hall–Kier alpha value is -2.81. The fourth-order valence-corrected chi connectivity index (χ4v) is 2.13. The topological polar surface area (TPSA) is 42.2 Å². The summed E-state index contributed by atoms with van der Waals surface area (Å²) in [5.74, 6) is 0. The molecule has 2 aromatic rings. The quantitative estimate of drug-likeness (QED) is 0.779. The number of nitrogens with one attached hydrogen (secondary N) is 1. The number of hydrogen-bond donors (Lipinski definition) is 1. The molecule has 0 aliphatic rings. The smallest absolute Gasteiger partial charge is 0.196 e. The van der Waals surface area contributed by atoms with Gasteiger partial charge in [-0.05, 0) is 43.3 Å². The van der Waals surface area contributed by atoms with Crippen molar-refractivity contribution in [2.45, 2.75) is 13.3 Å². The highest BCUT2D eigenvalue weighted by Crippen LogP contribution is 2.15. The molecule has 2 rings (SSSR count). The van der Waals surface area contributed by atoms with E-state index in [1.54, 1.807) is 12.3 Å². The minimum atomic E-state index is 0.0143. The van der Waals surface area contributed by atoms with E-state index in [0.29, 0.717) is 23.0 Å². The lowest BCUT2D eigenvalue weighted by Crippen LogP contribution is -2.07. The van der Waals surface area contributed by atoms with Crippen molar-refractivity contribution in [2.24, 2.45) is 0 Å². The summed E-state index contributed by atoms with van der Waals surface area (Å²) in [6, 6.07) is 5.58. The van der Waals surface area contributed by atoms with Crippen LogP contribution in [0.25, 0.3) is 17.0 Å². The average Bonchev–Trinajstić information content (AvgIpc) is 2.58. The van der Waals surface area contributed by atoms with Crippen molar-refractivity contribution in [3.63, 3.8) is 0 Å². The fraction of sp³-hybridized carbons (Fsp3) is 0.150. The van der Waals surface area contributed by atoms with Gasteiger partial charge >= 0.3 is 0 Å². The molecule has 3 heteroatoms. The lowest BCUT2D eigenvalue weighted by molar-refractivity contribution is 0.595. The Morgan fingerprint density at radius 2 is 2.13 bits per heavy atom. The van der Waals surface area contributed by atoms with E-state index < -0.39 is 0 Å². The molecule has 1 aromatic carbocycles. The second-order valence-electron chi connectivity index (χ2n) is 4.99. The maximum atomic E-state index is 12.6. The molecule has 1 N–H and O–H groups in total. The Kier molecular flexibility index (Phi) is 6.18. The highest BCUT2D eigenvalue weighted by atomic mass is 16.3. The zero-order valence-corrected chi connectivity index (χ0v) is 13.3. The van der Waals surface area contributed by atoms with Crippen LogP contribution < -0.4 is 10.7 Å². The summed E-state index contributed by atoms with van der Waals surface area (Å²) in [4.78, 5) is 12.6. The molecular weight excluding hydrogens is 286 g/mol. The van der Waals surface area contributed by atoms with Gasteiger partial charge in [-0.25, -0.2) is 0 Å². The predicted octanol–water partition coefficient (Wildman–Crippen LogP) is 4.21. The van der Waals surface area contributed by atoms with E-state index in [9.17, 15) is 4.79 Å². The predicted molar refractivity (Wildman–Crippen MR) is 97.4 cm³/mol. The zero-order valence-electron chi connectivity index (χ0n) is 13.3. The molecule has 0 bridgehead atoms. The van der Waals surface area contributed by atoms with Gasteiger partial charge in [-0.1, -0.05) is 43.0 Å². The maximum Gasteiger partial charge on any atom is 0.196 e. The van der Waals surface area contributed by atoms with Crippen LogP contribution in [-0.2, 0) is 6.42 Å². The number of fused-ring (bicyclic) bond motifs is 1. The number of benzene rings is 1. The van der Waals surface area contributed by atoms with Crippen molar-refractivity contribution in [1.82, 2.24) is 5.32 Å². The van der Waals surface area contributed by atoms with Crippen LogP contribution in [0.5, 0.6) is 0 Å². The Morgan fingerprint density at radius 3 is 2.91 bits per heavy atom. The van der Waals surface area contributed by atoms with Crippen LogP contribution in [0.15, 0.2) is 76.8 Å². The van der Waals surface area contributed by atoms with Gasteiger partial charge in [-0.15, -0.1) is 0 Å². The minimum absolute atomic E-state index is 0.0143. The van der Waals surface area contributed by atoms with Crippen molar-refractivity contribution in [3.05, 3.63) is 89.0 Å². The molecule has 0 saturated heterocycles. The molecule has 0 radical (unpaired) electrons. The summed E-state index contributed by atoms with van der Waals surface area (Å²) in [6.07, 6.45) is 15.2. The van der Waals surface area contributed by atoms with Crippen LogP contribution in [0, 0.1) is 0 Å². The van der Waals surface area contributed by atoms with Crippen LogP contribution in [0.2, 0.25) is 0 Å². The van der Waals surface area contributed by atoms with Crippen molar-refractivity contribution >= 4 is 17.0 Å². The molecule has 0 fully saturated rings. The van der Waals surface area contributed by atoms with Crippen molar-refractivity contribution in [3.8, 4) is 0 Å². The molecule has 1 heterocycles. The van der Waals surface area contributed by atoms with E-state index in [1.165, 1.54) is 0 Å². The van der Waals surface area contributed by atoms with Gasteiger partial charge < -0.3 is 9.73 Å². The van der Waals surface area contributed by atoms with Gasteiger partial charge in [0, 0.05) is 12.1 Å². The number of hydrogen-bond acceptors (Lipinski definition) is 3. The SMILES string of the molecule is C=C/C=C\c1ccc2occ(C/C=C\C=C/NCC)c(=O)c2c1. The van der Waals surface area contributed by atoms with Crippen LogP contribution in [-0.4, -0.2) is 6.54 Å². The monoisotopic (exact) mass is 307 g/mol. The van der Waals surface area contributed by atoms with Crippen molar-refractivity contribution < 1.29 is 4.42 Å². The van der Waals surface area contributed by atoms with Crippen LogP contribution in [0.3, 0.4) is 0 Å². The second kappa shape index (κ2) is 8.59. The first-order chi connectivity index (χ1) is 11.3. The fourth-order valence-electron chi connectivity index (χ4n) is 2.13. The summed E-state index contributed by atoms with van der Waals surface area (Å²) in [5.41, 5.74) is 2.22. The molecule has 3 nitrogen and oxygen atoms in total. The van der Waals surface area contributed by atoms with E-state index in [4.69, 9.17) is 4.42 Å². The molecule has 1 aromatic heterocycles. The Bertz CT molecular complexity index is 810. The third-order valence-electron chi connectivity index (χ3n) is 3.30. The molecule has 0 unspecified atom stereocenters. The zero-order chi connectivity index (χ0) is 16.5. The summed E-state index contributed by atoms with van der Waals surface area (Å²) >= 11 is 0. The third-order valence-corrected chi connectivity index (χ3v) is 3.30. The highest BCUT2D eigenvalue weighted by Gasteiger charge is 2.06. The van der Waals surface area contributed by atoms with E-state index in [2.05, 4.69) is 11.9 Å². The van der Waals surface area contributed by atoms with Gasteiger partial charge in [-0.2, -0.15) is 0 Å². The van der Waals surface area contributed by atoms with Gasteiger partial charge in [0.15, 0.2) is 5.43 Å². The van der Waals surface area contributed by atoms with Gasteiger partial charge in [0.2, 0.25) is 0 Å². The molecule has 0 atom stereocenters. The lowest BCUT2D eigenvalue weighted by Gasteiger charge is -2.01. The highest BCUT2D eigenvalue weighted by molar-refractivity contribution is 5.80. The first kappa shape index (κ1) is 16.6. The lowest BCUT2D eigenvalue weighted by atomic mass is 10.1. The molecular formula is C20H21NO2. The first-order valence-electron chi connectivity index (χ1n) is 7.65. The van der Waals surface area contributed by atoms with Gasteiger partial charge in [-0.3, -0.25) is 4.79 Å². The summed E-state index contributed by atoms with van der Waals surface area (Å²) in [5, 5.41) is 3.68. The average molecular weight is 307 g/mol. The van der Waals surface area contributed by atoms with Crippen molar-refractivity contribution in [2.75, 3.05) is 6.54 Å². The standard InChI is InChI=1S/C20H21NO2/c1-3-5-9-16-11-12-19-18(14-16)20(22)17(15-23-19)10-7-6-8-13-21-4-2/h3,5-9,11-15,21H,1,4,10H2,2H3/b7-6-,9-5-,13-8-. The summed E-state index contributed by atoms with van der Waals surface area (Å²) in [7, 11) is 0. The summed E-state index contributed by atoms with van der Waals surface area (Å²) < 4.78 is 5.57. The van der Waals surface area contributed by atoms with Crippen LogP contribution in [0.4, 0.5) is 0 Å².